The van der Waals surface area contributed by atoms with Gasteiger partial charge in [-0.15, -0.1) is 0 Å². The largest absolute Gasteiger partial charge is 0.506 e. The van der Waals surface area contributed by atoms with Crippen LogP contribution in [0.25, 0.3) is 0 Å². The Morgan fingerprint density at radius 2 is 1.74 bits per heavy atom. The molecule has 0 aromatic carbocycles. The highest BCUT2D eigenvalue weighted by molar-refractivity contribution is 5.76. The van der Waals surface area contributed by atoms with Crippen LogP contribution in [-0.4, -0.2) is 73.1 Å². The van der Waals surface area contributed by atoms with Crippen LogP contribution in [0.1, 0.15) is 78.1 Å². The van der Waals surface area contributed by atoms with Crippen molar-refractivity contribution in [3.05, 3.63) is 23.7 Å². The summed E-state index contributed by atoms with van der Waals surface area (Å²) in [4.78, 5) is 21.2. The summed E-state index contributed by atoms with van der Waals surface area (Å²) in [7, 11) is 0. The molecule has 12 nitrogen and oxygen atoms in total. The summed E-state index contributed by atoms with van der Waals surface area (Å²) in [6.45, 7) is 6.10. The molecule has 0 aromatic heterocycles. The monoisotopic (exact) mass is 558 g/mol. The lowest BCUT2D eigenvalue weighted by atomic mass is 9.41. The van der Waals surface area contributed by atoms with Gasteiger partial charge in [-0.25, -0.2) is 10.1 Å². The van der Waals surface area contributed by atoms with Crippen molar-refractivity contribution in [2.75, 3.05) is 6.61 Å². The van der Waals surface area contributed by atoms with Crippen molar-refractivity contribution in [3.63, 3.8) is 0 Å². The minimum atomic E-state index is -2.20. The van der Waals surface area contributed by atoms with Crippen LogP contribution in [0.2, 0.25) is 0 Å². The van der Waals surface area contributed by atoms with Gasteiger partial charge in [-0.05, 0) is 86.5 Å². The van der Waals surface area contributed by atoms with Crippen molar-refractivity contribution in [1.29, 1.82) is 0 Å². The van der Waals surface area contributed by atoms with E-state index in [0.29, 0.717) is 25.7 Å². The highest BCUT2D eigenvalue weighted by Crippen LogP contribution is 2.73. The molecular formula is C27H42O12. The van der Waals surface area contributed by atoms with E-state index in [4.69, 9.17) is 14.6 Å². The third-order valence-electron chi connectivity index (χ3n) is 10.5. The van der Waals surface area contributed by atoms with Crippen molar-refractivity contribution >= 4 is 5.97 Å². The molecular weight excluding hydrogens is 516 g/mol. The van der Waals surface area contributed by atoms with Gasteiger partial charge in [-0.1, -0.05) is 19.9 Å². The Morgan fingerprint density at radius 3 is 2.38 bits per heavy atom. The van der Waals surface area contributed by atoms with Gasteiger partial charge in [0.05, 0.1) is 11.0 Å². The summed E-state index contributed by atoms with van der Waals surface area (Å²) in [6.07, 6.45) is 2.41. The van der Waals surface area contributed by atoms with Gasteiger partial charge in [0, 0.05) is 13.0 Å². The van der Waals surface area contributed by atoms with Gasteiger partial charge in [0.2, 0.25) is 6.29 Å². The van der Waals surface area contributed by atoms with E-state index in [1.165, 1.54) is 0 Å². The predicted molar refractivity (Wildman–Crippen MR) is 133 cm³/mol. The van der Waals surface area contributed by atoms with Gasteiger partial charge in [-0.2, -0.15) is 10.1 Å². The van der Waals surface area contributed by atoms with Crippen LogP contribution in [0.3, 0.4) is 0 Å². The third kappa shape index (κ3) is 4.88. The molecule has 0 saturated heterocycles. The number of aliphatic hydroxyl groups excluding tert-OH is 5. The van der Waals surface area contributed by atoms with E-state index in [-0.39, 0.29) is 29.1 Å². The molecule has 39 heavy (non-hydrogen) atoms. The van der Waals surface area contributed by atoms with Crippen LogP contribution >= 0.6 is 0 Å². The van der Waals surface area contributed by atoms with Crippen LogP contribution in [0.15, 0.2) is 23.7 Å². The van der Waals surface area contributed by atoms with Crippen molar-refractivity contribution < 1.29 is 60.1 Å². The van der Waals surface area contributed by atoms with E-state index in [9.17, 15) is 35.7 Å². The molecule has 4 fully saturated rings. The number of ether oxygens (including phenoxy) is 2. The summed E-state index contributed by atoms with van der Waals surface area (Å²) in [5, 5.41) is 67.5. The lowest BCUT2D eigenvalue weighted by molar-refractivity contribution is -0.457. The van der Waals surface area contributed by atoms with Crippen LogP contribution in [0.4, 0.5) is 0 Å². The minimum Gasteiger partial charge on any atom is -0.506 e. The van der Waals surface area contributed by atoms with Crippen LogP contribution in [0.5, 0.6) is 0 Å². The number of hydrogen-bond acceptors (Lipinski definition) is 12. The van der Waals surface area contributed by atoms with E-state index < -0.39 is 54.0 Å². The molecule has 0 radical (unpaired) electrons. The van der Waals surface area contributed by atoms with E-state index in [0.717, 1.165) is 37.7 Å². The number of fused-ring (bicyclic) bond motifs is 3. The number of aliphatic hydroxyl groups is 5. The van der Waals surface area contributed by atoms with Crippen molar-refractivity contribution in [1.82, 2.24) is 0 Å². The SMILES string of the molecule is C=C1C[C@@]23CCC4[C@](C)(C(=O)OO)CCC[C@@]4(C)[C@@H]2CC[C@]1(OC(OO)O[C@H](O)/C(O)=C(/O)[C@H](O)CCO)C3. The summed E-state index contributed by atoms with van der Waals surface area (Å²) in [5.41, 5.74) is -1.25. The van der Waals surface area contributed by atoms with E-state index in [2.05, 4.69) is 23.3 Å². The second kappa shape index (κ2) is 10.9. The quantitative estimate of drug-likeness (QED) is 0.0680. The molecule has 7 N–H and O–H groups in total. The van der Waals surface area contributed by atoms with Gasteiger partial charge >= 0.3 is 12.4 Å². The van der Waals surface area contributed by atoms with Gasteiger partial charge in [0.15, 0.2) is 11.5 Å². The zero-order valence-electron chi connectivity index (χ0n) is 22.5. The first-order valence-corrected chi connectivity index (χ1v) is 13.6. The normalized spacial score (nSPS) is 40.6. The maximum Gasteiger partial charge on any atom is 0.348 e. The molecule has 4 aliphatic carbocycles. The van der Waals surface area contributed by atoms with Gasteiger partial charge in [0.1, 0.15) is 6.10 Å². The Hall–Kier alpha value is -1.77. The Balaban J connectivity index is 1.52. The van der Waals surface area contributed by atoms with Crippen LogP contribution in [0, 0.1) is 28.1 Å². The van der Waals surface area contributed by atoms with Gasteiger partial charge in [0.25, 0.3) is 0 Å². The maximum atomic E-state index is 12.7. The Kier molecular flexibility index (Phi) is 8.44. The Labute approximate surface area is 227 Å². The lowest BCUT2D eigenvalue weighted by Crippen LogP contribution is -2.59. The molecule has 0 aliphatic heterocycles. The second-order valence-corrected chi connectivity index (χ2v) is 12.5. The van der Waals surface area contributed by atoms with E-state index in [1.54, 1.807) is 0 Å². The minimum absolute atomic E-state index is 0.0481. The molecule has 4 aliphatic rings. The molecule has 2 unspecified atom stereocenters. The average Bonchev–Trinajstić information content (AvgIpc) is 3.10. The molecule has 1 spiro atoms. The maximum absolute atomic E-state index is 12.7. The molecule has 4 saturated carbocycles. The molecule has 0 heterocycles. The number of carbonyl (C=O) groups excluding carboxylic acids is 1. The van der Waals surface area contributed by atoms with Crippen LogP contribution in [-0.2, 0) is 24.0 Å². The first-order valence-electron chi connectivity index (χ1n) is 13.6. The molecule has 0 amide bonds. The number of hydrogen-bond donors (Lipinski definition) is 7. The first kappa shape index (κ1) is 30.2. The highest BCUT2D eigenvalue weighted by atomic mass is 17.2. The third-order valence-corrected chi connectivity index (χ3v) is 10.5. The summed E-state index contributed by atoms with van der Waals surface area (Å²) >= 11 is 0. The molecule has 9 atom stereocenters. The second-order valence-electron chi connectivity index (χ2n) is 12.5. The Morgan fingerprint density at radius 1 is 1.05 bits per heavy atom. The fraction of sp³-hybridized carbons (Fsp3) is 0.815. The molecule has 222 valence electrons. The van der Waals surface area contributed by atoms with Crippen LogP contribution < -0.4 is 0 Å². The highest BCUT2D eigenvalue weighted by Gasteiger charge is 2.68. The molecule has 2 bridgehead atoms. The number of rotatable bonds is 10. The van der Waals surface area contributed by atoms with E-state index in [1.807, 2.05) is 6.92 Å². The van der Waals surface area contributed by atoms with Gasteiger partial charge < -0.3 is 35.2 Å². The standard InChI is InChI=1S/C27H42O12/c1-15-13-26-10-5-17-24(2,8-4-9-25(17,3)22(33)38-34)18(26)6-11-27(15,14-26)37-23(39-35)36-21(32)20(31)19(30)16(29)7-12-28/h16-18,21,23,28-32,34-35H,1,4-14H2,2-3H3/b20-19-/t16-,17?,18+,21+,23?,24-,25-,26-,27+/m1/s1. The topological polar surface area (TPSA) is 196 Å². The van der Waals surface area contributed by atoms with Crippen molar-refractivity contribution in [2.45, 2.75) is 103 Å². The smallest absolute Gasteiger partial charge is 0.348 e. The van der Waals surface area contributed by atoms with Crippen molar-refractivity contribution in [2.24, 2.45) is 28.1 Å². The fourth-order valence-electron chi connectivity index (χ4n) is 8.84. The molecule has 12 heteroatoms. The van der Waals surface area contributed by atoms with E-state index >= 15 is 0 Å². The Bertz CT molecular complexity index is 984. The average molecular weight is 559 g/mol. The molecule has 0 aromatic rings. The zero-order valence-corrected chi connectivity index (χ0v) is 22.5. The fourth-order valence-corrected chi connectivity index (χ4v) is 8.84. The molecule has 4 rings (SSSR count). The summed E-state index contributed by atoms with van der Waals surface area (Å²) in [6, 6.07) is 0. The number of carbonyl (C=O) groups is 1. The zero-order chi connectivity index (χ0) is 28.8. The first-order chi connectivity index (χ1) is 18.3. The lowest BCUT2D eigenvalue weighted by Gasteiger charge is -2.63. The summed E-state index contributed by atoms with van der Waals surface area (Å²) in [5.74, 6) is -2.39. The van der Waals surface area contributed by atoms with Crippen molar-refractivity contribution in [3.8, 4) is 0 Å². The summed E-state index contributed by atoms with van der Waals surface area (Å²) < 4.78 is 11.2. The predicted octanol–water partition coefficient (Wildman–Crippen LogP) is 3.29. The van der Waals surface area contributed by atoms with Gasteiger partial charge in [-0.3, -0.25) is 4.74 Å².